The summed E-state index contributed by atoms with van der Waals surface area (Å²) < 4.78 is 16.0. The number of methoxy groups -OCH3 is 1. The lowest BCUT2D eigenvalue weighted by Gasteiger charge is -2.13. The van der Waals surface area contributed by atoms with Crippen molar-refractivity contribution < 1.29 is 28.6 Å². The van der Waals surface area contributed by atoms with E-state index < -0.39 is 17.9 Å². The molecular weight excluding hydrogens is 384 g/mol. The Morgan fingerprint density at radius 3 is 2.50 bits per heavy atom. The van der Waals surface area contributed by atoms with Crippen LogP contribution < -0.4 is 20.1 Å². The first-order valence-corrected chi connectivity index (χ1v) is 7.74. The predicted octanol–water partition coefficient (Wildman–Crippen LogP) is 1.58. The van der Waals surface area contributed by atoms with Crippen LogP contribution in [0.2, 0.25) is 0 Å². The van der Waals surface area contributed by atoms with Crippen molar-refractivity contribution in [2.24, 2.45) is 0 Å². The van der Waals surface area contributed by atoms with E-state index in [0.29, 0.717) is 28.1 Å². The van der Waals surface area contributed by atoms with E-state index in [0.717, 1.165) is 0 Å². The van der Waals surface area contributed by atoms with Crippen molar-refractivity contribution in [1.29, 1.82) is 0 Å². The molecule has 0 bridgehead atoms. The van der Waals surface area contributed by atoms with Crippen molar-refractivity contribution in [3.63, 3.8) is 0 Å². The Hall–Kier alpha value is -2.55. The van der Waals surface area contributed by atoms with Gasteiger partial charge in [0.15, 0.2) is 18.1 Å². The summed E-state index contributed by atoms with van der Waals surface area (Å²) in [6, 6.07) is 2.66. The van der Waals surface area contributed by atoms with Gasteiger partial charge in [-0.25, -0.2) is 9.59 Å². The van der Waals surface area contributed by atoms with Gasteiger partial charge in [0, 0.05) is 4.47 Å². The topological polar surface area (TPSA) is 103 Å². The van der Waals surface area contributed by atoms with E-state index in [9.17, 15) is 14.4 Å². The molecule has 0 aromatic heterocycles. The SMILES string of the molecule is CCOc1cc(/C=C2/NC(=O)NC2=O)c(Br)cc1OCC(=O)OC. The highest BCUT2D eigenvalue weighted by Gasteiger charge is 2.23. The summed E-state index contributed by atoms with van der Waals surface area (Å²) in [5, 5.41) is 4.52. The molecular formula is C15H15BrN2O6. The van der Waals surface area contributed by atoms with Crippen molar-refractivity contribution in [2.45, 2.75) is 6.92 Å². The summed E-state index contributed by atoms with van der Waals surface area (Å²) in [5.41, 5.74) is 0.711. The second kappa shape index (κ2) is 7.82. The Bertz CT molecular complexity index is 716. The second-order valence-electron chi connectivity index (χ2n) is 4.58. The number of urea groups is 1. The van der Waals surface area contributed by atoms with Crippen LogP contribution in [0.3, 0.4) is 0 Å². The van der Waals surface area contributed by atoms with E-state index in [1.54, 1.807) is 19.1 Å². The van der Waals surface area contributed by atoms with E-state index in [4.69, 9.17) is 9.47 Å². The van der Waals surface area contributed by atoms with Crippen LogP contribution in [0, 0.1) is 0 Å². The van der Waals surface area contributed by atoms with Crippen molar-refractivity contribution in [2.75, 3.05) is 20.3 Å². The molecule has 0 unspecified atom stereocenters. The molecule has 1 saturated heterocycles. The van der Waals surface area contributed by atoms with Crippen LogP contribution in [0.4, 0.5) is 4.79 Å². The quantitative estimate of drug-likeness (QED) is 0.428. The lowest BCUT2D eigenvalue weighted by atomic mass is 10.1. The zero-order valence-corrected chi connectivity index (χ0v) is 14.6. The Morgan fingerprint density at radius 2 is 1.92 bits per heavy atom. The van der Waals surface area contributed by atoms with E-state index in [2.05, 4.69) is 31.3 Å². The number of carbonyl (C=O) groups is 3. The van der Waals surface area contributed by atoms with Crippen molar-refractivity contribution in [3.8, 4) is 11.5 Å². The van der Waals surface area contributed by atoms with Gasteiger partial charge < -0.3 is 19.5 Å². The van der Waals surface area contributed by atoms with Gasteiger partial charge in [-0.1, -0.05) is 15.9 Å². The highest BCUT2D eigenvalue weighted by Crippen LogP contribution is 2.35. The molecule has 8 nitrogen and oxygen atoms in total. The van der Waals surface area contributed by atoms with E-state index in [1.165, 1.54) is 13.2 Å². The molecule has 0 spiro atoms. The van der Waals surface area contributed by atoms with Gasteiger partial charge in [-0.2, -0.15) is 0 Å². The van der Waals surface area contributed by atoms with Gasteiger partial charge in [0.05, 0.1) is 13.7 Å². The van der Waals surface area contributed by atoms with E-state index in [-0.39, 0.29) is 12.3 Å². The normalized spacial score (nSPS) is 15.0. The maximum absolute atomic E-state index is 11.6. The summed E-state index contributed by atoms with van der Waals surface area (Å²) in [5.74, 6) is -0.307. The van der Waals surface area contributed by atoms with Gasteiger partial charge in [0.1, 0.15) is 5.70 Å². The number of ether oxygens (including phenoxy) is 3. The summed E-state index contributed by atoms with van der Waals surface area (Å²) in [7, 11) is 1.27. The lowest BCUT2D eigenvalue weighted by molar-refractivity contribution is -0.142. The summed E-state index contributed by atoms with van der Waals surface area (Å²) >= 11 is 3.36. The van der Waals surface area contributed by atoms with Gasteiger partial charge in [-0.3, -0.25) is 10.1 Å². The fourth-order valence-electron chi connectivity index (χ4n) is 1.88. The highest BCUT2D eigenvalue weighted by molar-refractivity contribution is 9.10. The molecule has 1 aliphatic rings. The molecule has 0 saturated carbocycles. The zero-order valence-electron chi connectivity index (χ0n) is 13.0. The fraction of sp³-hybridized carbons (Fsp3) is 0.267. The van der Waals surface area contributed by atoms with Crippen LogP contribution in [-0.4, -0.2) is 38.2 Å². The second-order valence-corrected chi connectivity index (χ2v) is 5.44. The predicted molar refractivity (Wildman–Crippen MR) is 87.5 cm³/mol. The van der Waals surface area contributed by atoms with Gasteiger partial charge >= 0.3 is 12.0 Å². The Morgan fingerprint density at radius 1 is 1.21 bits per heavy atom. The number of carbonyl (C=O) groups excluding carboxylic acids is 3. The molecule has 0 aliphatic carbocycles. The first kappa shape index (κ1) is 17.8. The third-order valence-electron chi connectivity index (χ3n) is 2.96. The van der Waals surface area contributed by atoms with Crippen LogP contribution >= 0.6 is 15.9 Å². The van der Waals surface area contributed by atoms with Crippen molar-refractivity contribution in [1.82, 2.24) is 10.6 Å². The van der Waals surface area contributed by atoms with Gasteiger partial charge in [0.25, 0.3) is 5.91 Å². The van der Waals surface area contributed by atoms with Crippen LogP contribution in [0.15, 0.2) is 22.3 Å². The van der Waals surface area contributed by atoms with Crippen LogP contribution in [0.1, 0.15) is 12.5 Å². The average molecular weight is 399 g/mol. The number of imide groups is 1. The monoisotopic (exact) mass is 398 g/mol. The van der Waals surface area contributed by atoms with E-state index >= 15 is 0 Å². The molecule has 0 atom stereocenters. The summed E-state index contributed by atoms with van der Waals surface area (Å²) in [6.07, 6.45) is 1.50. The van der Waals surface area contributed by atoms with Crippen molar-refractivity contribution in [3.05, 3.63) is 27.9 Å². The maximum atomic E-state index is 11.6. The third-order valence-corrected chi connectivity index (χ3v) is 3.64. The molecule has 1 fully saturated rings. The smallest absolute Gasteiger partial charge is 0.343 e. The molecule has 9 heteroatoms. The number of esters is 1. The van der Waals surface area contributed by atoms with Gasteiger partial charge in [-0.15, -0.1) is 0 Å². The third kappa shape index (κ3) is 4.25. The Balaban J connectivity index is 2.32. The summed E-state index contributed by atoms with van der Waals surface area (Å²) in [4.78, 5) is 34.0. The molecule has 2 N–H and O–H groups in total. The molecule has 2 rings (SSSR count). The number of halogens is 1. The standard InChI is InChI=1S/C15H15BrN2O6/c1-3-23-11-5-8(4-10-14(20)18-15(21)17-10)9(16)6-12(11)24-7-13(19)22-2/h4-6H,3,7H2,1-2H3,(H2,17,18,20,21)/b10-4+. The van der Waals surface area contributed by atoms with Gasteiger partial charge in [0.2, 0.25) is 0 Å². The number of amides is 3. The number of rotatable bonds is 6. The number of hydrogen-bond acceptors (Lipinski definition) is 6. The first-order valence-electron chi connectivity index (χ1n) is 6.94. The largest absolute Gasteiger partial charge is 0.490 e. The molecule has 1 aromatic rings. The number of benzene rings is 1. The first-order chi connectivity index (χ1) is 11.4. The maximum Gasteiger partial charge on any atom is 0.343 e. The molecule has 128 valence electrons. The van der Waals surface area contributed by atoms with Crippen LogP contribution in [-0.2, 0) is 14.3 Å². The van der Waals surface area contributed by atoms with Crippen LogP contribution in [0.5, 0.6) is 11.5 Å². The molecule has 3 amide bonds. The average Bonchev–Trinajstić information content (AvgIpc) is 2.86. The minimum Gasteiger partial charge on any atom is -0.490 e. The molecule has 1 heterocycles. The van der Waals surface area contributed by atoms with Crippen molar-refractivity contribution >= 4 is 39.9 Å². The Labute approximate surface area is 146 Å². The molecule has 1 aliphatic heterocycles. The molecule has 0 radical (unpaired) electrons. The molecule has 1 aromatic carbocycles. The fourth-order valence-corrected chi connectivity index (χ4v) is 2.31. The van der Waals surface area contributed by atoms with E-state index in [1.807, 2.05) is 0 Å². The minimum absolute atomic E-state index is 0.117. The van der Waals surface area contributed by atoms with Crippen LogP contribution in [0.25, 0.3) is 6.08 Å². The number of hydrogen-bond donors (Lipinski definition) is 2. The number of nitrogens with one attached hydrogen (secondary N) is 2. The minimum atomic E-state index is -0.578. The van der Waals surface area contributed by atoms with Gasteiger partial charge in [-0.05, 0) is 30.7 Å². The molecule has 24 heavy (non-hydrogen) atoms. The lowest BCUT2D eigenvalue weighted by Crippen LogP contribution is -2.22. The summed E-state index contributed by atoms with van der Waals surface area (Å²) in [6.45, 7) is 1.92. The zero-order chi connectivity index (χ0) is 17.7. The highest BCUT2D eigenvalue weighted by atomic mass is 79.9. The Kier molecular flexibility index (Phi) is 5.80.